The van der Waals surface area contributed by atoms with Gasteiger partial charge in [-0.2, -0.15) is 0 Å². The molecule has 3 nitrogen and oxygen atoms in total. The van der Waals surface area contributed by atoms with Crippen molar-refractivity contribution in [2.75, 3.05) is 12.8 Å². The molecule has 0 bridgehead atoms. The van der Waals surface area contributed by atoms with Crippen LogP contribution in [0, 0.1) is 0 Å². The number of rotatable bonds is 6. The van der Waals surface area contributed by atoms with Crippen LogP contribution in [0.3, 0.4) is 0 Å². The third kappa shape index (κ3) is 4.62. The number of benzene rings is 2. The number of carbonyl (C=O) groups excluding carboxylic acids is 1. The number of nitrogens with two attached hydrogens (primary N) is 1. The summed E-state index contributed by atoms with van der Waals surface area (Å²) in [6.07, 6.45) is 2.90. The van der Waals surface area contributed by atoms with E-state index in [9.17, 15) is 4.79 Å². The van der Waals surface area contributed by atoms with Crippen LogP contribution >= 0.6 is 11.8 Å². The third-order valence-electron chi connectivity index (χ3n) is 3.26. The molecular formula is C17H20N2OS. The number of nitrogens with one attached hydrogen (secondary N) is 1. The minimum atomic E-state index is -0.0475. The predicted octanol–water partition coefficient (Wildman–Crippen LogP) is 2.84. The zero-order valence-corrected chi connectivity index (χ0v) is 13.0. The van der Waals surface area contributed by atoms with Gasteiger partial charge in [-0.3, -0.25) is 4.79 Å². The van der Waals surface area contributed by atoms with Crippen molar-refractivity contribution >= 4 is 17.7 Å². The van der Waals surface area contributed by atoms with Gasteiger partial charge in [0.15, 0.2) is 0 Å². The Labute approximate surface area is 129 Å². The van der Waals surface area contributed by atoms with E-state index in [1.54, 1.807) is 11.8 Å². The number of hydrogen-bond acceptors (Lipinski definition) is 3. The summed E-state index contributed by atoms with van der Waals surface area (Å²) >= 11 is 1.66. The van der Waals surface area contributed by atoms with E-state index in [4.69, 9.17) is 5.73 Å². The standard InChI is InChI=1S/C17H20N2OS/c1-21-16-8-6-15(7-9-16)17(20)19-12-14-4-2-13(3-5-14)10-11-18/h2-9H,10-12,18H2,1H3,(H,19,20). The summed E-state index contributed by atoms with van der Waals surface area (Å²) < 4.78 is 0. The fraction of sp³-hybridized carbons (Fsp3) is 0.235. The van der Waals surface area contributed by atoms with Crippen molar-refractivity contribution < 1.29 is 4.79 Å². The molecule has 3 N–H and O–H groups in total. The van der Waals surface area contributed by atoms with Crippen molar-refractivity contribution in [2.24, 2.45) is 5.73 Å². The summed E-state index contributed by atoms with van der Waals surface area (Å²) in [5, 5.41) is 2.93. The van der Waals surface area contributed by atoms with Crippen LogP contribution in [-0.2, 0) is 13.0 Å². The molecule has 2 aromatic carbocycles. The number of carbonyl (C=O) groups is 1. The molecule has 0 aliphatic rings. The van der Waals surface area contributed by atoms with Gasteiger partial charge in [0.25, 0.3) is 5.91 Å². The van der Waals surface area contributed by atoms with Crippen molar-refractivity contribution in [3.63, 3.8) is 0 Å². The largest absolute Gasteiger partial charge is 0.348 e. The van der Waals surface area contributed by atoms with E-state index in [1.807, 2.05) is 42.7 Å². The Morgan fingerprint density at radius 2 is 1.67 bits per heavy atom. The second-order valence-corrected chi connectivity index (χ2v) is 5.65. The molecule has 4 heteroatoms. The topological polar surface area (TPSA) is 55.1 Å². The zero-order valence-electron chi connectivity index (χ0n) is 12.1. The molecular weight excluding hydrogens is 280 g/mol. The van der Waals surface area contributed by atoms with Gasteiger partial charge < -0.3 is 11.1 Å². The lowest BCUT2D eigenvalue weighted by molar-refractivity contribution is 0.0951. The summed E-state index contributed by atoms with van der Waals surface area (Å²) in [7, 11) is 0. The minimum absolute atomic E-state index is 0.0475. The molecule has 0 aliphatic carbocycles. The molecule has 0 atom stereocenters. The Kier molecular flexibility index (Phi) is 5.84. The summed E-state index contributed by atoms with van der Waals surface area (Å²) in [6.45, 7) is 1.19. The van der Waals surface area contributed by atoms with Gasteiger partial charge in [-0.15, -0.1) is 11.8 Å². The molecule has 0 heterocycles. The van der Waals surface area contributed by atoms with E-state index < -0.39 is 0 Å². The Balaban J connectivity index is 1.90. The van der Waals surface area contributed by atoms with E-state index in [0.29, 0.717) is 18.7 Å². The summed E-state index contributed by atoms with van der Waals surface area (Å²) in [6, 6.07) is 15.8. The monoisotopic (exact) mass is 300 g/mol. The second kappa shape index (κ2) is 7.86. The van der Waals surface area contributed by atoms with Gasteiger partial charge in [0.1, 0.15) is 0 Å². The van der Waals surface area contributed by atoms with Gasteiger partial charge in [-0.25, -0.2) is 0 Å². The van der Waals surface area contributed by atoms with Crippen molar-refractivity contribution in [3.05, 3.63) is 65.2 Å². The molecule has 0 unspecified atom stereocenters. The van der Waals surface area contributed by atoms with E-state index >= 15 is 0 Å². The first-order valence-electron chi connectivity index (χ1n) is 6.93. The molecule has 2 aromatic rings. The average Bonchev–Trinajstić information content (AvgIpc) is 2.54. The Hall–Kier alpha value is -1.78. The van der Waals surface area contributed by atoms with Crippen LogP contribution in [-0.4, -0.2) is 18.7 Å². The van der Waals surface area contributed by atoms with Gasteiger partial charge in [0.05, 0.1) is 0 Å². The minimum Gasteiger partial charge on any atom is -0.348 e. The first-order valence-corrected chi connectivity index (χ1v) is 8.15. The summed E-state index contributed by atoms with van der Waals surface area (Å²) in [5.41, 5.74) is 8.52. The van der Waals surface area contributed by atoms with Crippen LogP contribution in [0.2, 0.25) is 0 Å². The van der Waals surface area contributed by atoms with E-state index in [2.05, 4.69) is 17.4 Å². The SMILES string of the molecule is CSc1ccc(C(=O)NCc2ccc(CCN)cc2)cc1. The predicted molar refractivity (Wildman–Crippen MR) is 88.6 cm³/mol. The number of thioether (sulfide) groups is 1. The Bertz CT molecular complexity index is 579. The lowest BCUT2D eigenvalue weighted by atomic mass is 10.1. The molecule has 0 saturated carbocycles. The maximum atomic E-state index is 12.1. The molecule has 0 saturated heterocycles. The molecule has 0 spiro atoms. The quantitative estimate of drug-likeness (QED) is 0.807. The zero-order chi connectivity index (χ0) is 15.1. The van der Waals surface area contributed by atoms with Gasteiger partial charge in [-0.1, -0.05) is 24.3 Å². The molecule has 1 amide bonds. The van der Waals surface area contributed by atoms with Crippen LogP contribution in [0.5, 0.6) is 0 Å². The van der Waals surface area contributed by atoms with Crippen molar-refractivity contribution in [2.45, 2.75) is 17.9 Å². The van der Waals surface area contributed by atoms with Gasteiger partial charge >= 0.3 is 0 Å². The fourth-order valence-electron chi connectivity index (χ4n) is 2.02. The molecule has 0 aromatic heterocycles. The van der Waals surface area contributed by atoms with Crippen molar-refractivity contribution in [1.82, 2.24) is 5.32 Å². The normalized spacial score (nSPS) is 10.4. The van der Waals surface area contributed by atoms with E-state index in [1.165, 1.54) is 5.56 Å². The molecule has 0 fully saturated rings. The highest BCUT2D eigenvalue weighted by Gasteiger charge is 2.05. The van der Waals surface area contributed by atoms with Gasteiger partial charge in [0, 0.05) is 17.0 Å². The Morgan fingerprint density at radius 1 is 1.05 bits per heavy atom. The first-order chi connectivity index (χ1) is 10.2. The van der Waals surface area contributed by atoms with E-state index in [-0.39, 0.29) is 5.91 Å². The van der Waals surface area contributed by atoms with Crippen LogP contribution < -0.4 is 11.1 Å². The molecule has 21 heavy (non-hydrogen) atoms. The second-order valence-electron chi connectivity index (χ2n) is 4.77. The smallest absolute Gasteiger partial charge is 0.251 e. The lowest BCUT2D eigenvalue weighted by Gasteiger charge is -2.07. The highest BCUT2D eigenvalue weighted by atomic mass is 32.2. The van der Waals surface area contributed by atoms with Crippen LogP contribution in [0.1, 0.15) is 21.5 Å². The molecule has 0 aliphatic heterocycles. The van der Waals surface area contributed by atoms with Crippen LogP contribution in [0.15, 0.2) is 53.4 Å². The van der Waals surface area contributed by atoms with Crippen molar-refractivity contribution in [1.29, 1.82) is 0 Å². The molecule has 110 valence electrons. The third-order valence-corrected chi connectivity index (χ3v) is 4.00. The number of amides is 1. The molecule has 0 radical (unpaired) electrons. The highest BCUT2D eigenvalue weighted by molar-refractivity contribution is 7.98. The average molecular weight is 300 g/mol. The van der Waals surface area contributed by atoms with Crippen molar-refractivity contribution in [3.8, 4) is 0 Å². The lowest BCUT2D eigenvalue weighted by Crippen LogP contribution is -2.22. The van der Waals surface area contributed by atoms with Gasteiger partial charge in [0.2, 0.25) is 0 Å². The Morgan fingerprint density at radius 3 is 2.24 bits per heavy atom. The maximum Gasteiger partial charge on any atom is 0.251 e. The molecule has 2 rings (SSSR count). The van der Waals surface area contributed by atoms with Crippen LogP contribution in [0.4, 0.5) is 0 Å². The summed E-state index contributed by atoms with van der Waals surface area (Å²) in [4.78, 5) is 13.2. The number of hydrogen-bond donors (Lipinski definition) is 2. The van der Waals surface area contributed by atoms with E-state index in [0.717, 1.165) is 16.9 Å². The fourth-order valence-corrected chi connectivity index (χ4v) is 2.43. The summed E-state index contributed by atoms with van der Waals surface area (Å²) in [5.74, 6) is -0.0475. The first kappa shape index (κ1) is 15.6. The van der Waals surface area contributed by atoms with Crippen LogP contribution in [0.25, 0.3) is 0 Å². The maximum absolute atomic E-state index is 12.1. The van der Waals surface area contributed by atoms with Gasteiger partial charge in [-0.05, 0) is 54.6 Å². The highest BCUT2D eigenvalue weighted by Crippen LogP contribution is 2.14.